The van der Waals surface area contributed by atoms with Gasteiger partial charge in [0.2, 0.25) is 5.69 Å². The van der Waals surface area contributed by atoms with Gasteiger partial charge in [0.1, 0.15) is 0 Å². The van der Waals surface area contributed by atoms with Crippen LogP contribution in [-0.4, -0.2) is 30.0 Å². The summed E-state index contributed by atoms with van der Waals surface area (Å²) < 4.78 is 43.8. The zero-order chi connectivity index (χ0) is 25.2. The number of rotatable bonds is 3. The highest BCUT2D eigenvalue weighted by molar-refractivity contribution is 7.16. The zero-order valence-electron chi connectivity index (χ0n) is 17.9. The molecule has 0 aliphatic heterocycles. The number of aryl methyl sites for hydroxylation is 1. The average Bonchev–Trinajstić information content (AvgIpc) is 3.33. The van der Waals surface area contributed by atoms with Gasteiger partial charge in [-0.2, -0.15) is 23.0 Å². The van der Waals surface area contributed by atoms with Gasteiger partial charge in [0.25, 0.3) is 5.56 Å². The second-order valence-corrected chi connectivity index (χ2v) is 9.02. The Kier molecular flexibility index (Phi) is 5.05. The zero-order valence-corrected chi connectivity index (χ0v) is 18.7. The van der Waals surface area contributed by atoms with Crippen molar-refractivity contribution >= 4 is 27.5 Å². The molecule has 180 valence electrons. The van der Waals surface area contributed by atoms with Crippen molar-refractivity contribution in [1.82, 2.24) is 18.9 Å². The lowest BCUT2D eigenvalue weighted by atomic mass is 10.0. The van der Waals surface area contributed by atoms with Gasteiger partial charge in [-0.3, -0.25) is 9.59 Å². The second kappa shape index (κ2) is 7.77. The van der Waals surface area contributed by atoms with E-state index < -0.39 is 40.7 Å². The molecule has 5 rings (SSSR count). The van der Waals surface area contributed by atoms with Crippen molar-refractivity contribution in [3.05, 3.63) is 89.3 Å². The van der Waals surface area contributed by atoms with Crippen LogP contribution in [0.5, 0.6) is 0 Å². The largest absolute Gasteiger partial charge is 0.476 e. The SMILES string of the molecule is Cn1c(=O)sc2cc(-n3nc(C(=O)O)c(=O)n(C4CCc5c4cccc5C(F)(F)F)c3=O)ccc21. The molecule has 1 aliphatic carbocycles. The van der Waals surface area contributed by atoms with Crippen molar-refractivity contribution in [3.63, 3.8) is 0 Å². The number of thiazole rings is 1. The van der Waals surface area contributed by atoms with Crippen LogP contribution in [0.4, 0.5) is 13.2 Å². The van der Waals surface area contributed by atoms with E-state index in [9.17, 15) is 37.5 Å². The molecule has 0 fully saturated rings. The van der Waals surface area contributed by atoms with Gasteiger partial charge in [-0.1, -0.05) is 23.5 Å². The Balaban J connectivity index is 1.76. The summed E-state index contributed by atoms with van der Waals surface area (Å²) in [5, 5.41) is 13.3. The Bertz CT molecular complexity index is 1710. The number of benzene rings is 2. The number of alkyl halides is 3. The van der Waals surface area contributed by atoms with Gasteiger partial charge < -0.3 is 9.67 Å². The highest BCUT2D eigenvalue weighted by Crippen LogP contribution is 2.41. The normalized spacial score (nSPS) is 15.5. The number of halogens is 3. The van der Waals surface area contributed by atoms with Gasteiger partial charge in [-0.25, -0.2) is 14.2 Å². The van der Waals surface area contributed by atoms with Gasteiger partial charge >= 0.3 is 22.7 Å². The van der Waals surface area contributed by atoms with E-state index in [2.05, 4.69) is 5.10 Å². The predicted octanol–water partition coefficient (Wildman–Crippen LogP) is 2.56. The monoisotopic (exact) mass is 504 g/mol. The first-order valence-corrected chi connectivity index (χ1v) is 11.1. The highest BCUT2D eigenvalue weighted by atomic mass is 32.1. The van der Waals surface area contributed by atoms with Crippen LogP contribution in [0.1, 0.15) is 39.6 Å². The number of carboxylic acid groups (broad SMARTS) is 1. The van der Waals surface area contributed by atoms with Crippen LogP contribution >= 0.6 is 11.3 Å². The number of hydrogen-bond donors (Lipinski definition) is 1. The van der Waals surface area contributed by atoms with Crippen molar-refractivity contribution in [1.29, 1.82) is 0 Å². The molecule has 0 spiro atoms. The summed E-state index contributed by atoms with van der Waals surface area (Å²) in [6.07, 6.45) is -4.67. The van der Waals surface area contributed by atoms with Crippen LogP contribution in [0.25, 0.3) is 15.9 Å². The Morgan fingerprint density at radius 1 is 1.17 bits per heavy atom. The molecular formula is C22H15F3N4O5S. The summed E-state index contributed by atoms with van der Waals surface area (Å²) in [6, 6.07) is 6.86. The predicted molar refractivity (Wildman–Crippen MR) is 120 cm³/mol. The van der Waals surface area contributed by atoms with E-state index in [0.717, 1.165) is 22.1 Å². The fourth-order valence-corrected chi connectivity index (χ4v) is 5.40. The van der Waals surface area contributed by atoms with E-state index in [-0.39, 0.29) is 34.5 Å². The minimum atomic E-state index is -4.62. The number of carboxylic acids is 1. The maximum atomic E-state index is 13.5. The Morgan fingerprint density at radius 3 is 2.60 bits per heavy atom. The fraction of sp³-hybridized carbons (Fsp3) is 0.227. The molecule has 9 nitrogen and oxygen atoms in total. The molecule has 2 aromatic heterocycles. The third kappa shape index (κ3) is 3.50. The third-order valence-corrected chi connectivity index (χ3v) is 7.08. The molecular weight excluding hydrogens is 489 g/mol. The maximum Gasteiger partial charge on any atom is 0.416 e. The first-order chi connectivity index (χ1) is 16.5. The third-order valence-electron chi connectivity index (χ3n) is 6.09. The number of aromatic carboxylic acids is 1. The topological polar surface area (TPSA) is 116 Å². The lowest BCUT2D eigenvalue weighted by Gasteiger charge is -2.18. The molecule has 4 aromatic rings. The molecule has 0 bridgehead atoms. The van der Waals surface area contributed by atoms with E-state index in [0.29, 0.717) is 14.8 Å². The van der Waals surface area contributed by atoms with Crippen LogP contribution in [-0.2, 0) is 19.6 Å². The summed E-state index contributed by atoms with van der Waals surface area (Å²) in [5.74, 6) is -1.69. The minimum absolute atomic E-state index is 0.0000179. The Hall–Kier alpha value is -4.00. The minimum Gasteiger partial charge on any atom is -0.476 e. The number of nitrogens with zero attached hydrogens (tertiary/aromatic N) is 4. The van der Waals surface area contributed by atoms with Gasteiger partial charge in [0.15, 0.2) is 0 Å². The molecule has 1 N–H and O–H groups in total. The average molecular weight is 504 g/mol. The summed E-state index contributed by atoms with van der Waals surface area (Å²) in [6.45, 7) is 0. The van der Waals surface area contributed by atoms with E-state index >= 15 is 0 Å². The standard InChI is InChI=1S/C22H15F3N4O5S/c1-27-15-7-5-10(9-16(15)35-21(27)34)29-20(33)28(18(30)17(26-29)19(31)32)14-8-6-11-12(14)3-2-4-13(11)22(23,24)25/h2-5,7,9,14H,6,8H2,1H3,(H,31,32). The molecule has 1 atom stereocenters. The molecule has 0 saturated carbocycles. The van der Waals surface area contributed by atoms with Crippen molar-refractivity contribution in [2.45, 2.75) is 25.1 Å². The molecule has 1 unspecified atom stereocenters. The molecule has 35 heavy (non-hydrogen) atoms. The number of fused-ring (bicyclic) bond motifs is 2. The molecule has 0 amide bonds. The van der Waals surface area contributed by atoms with Crippen molar-refractivity contribution in [3.8, 4) is 5.69 Å². The number of aromatic nitrogens is 4. The van der Waals surface area contributed by atoms with E-state index in [4.69, 9.17) is 0 Å². The van der Waals surface area contributed by atoms with E-state index in [1.165, 1.54) is 28.8 Å². The lowest BCUT2D eigenvalue weighted by Crippen LogP contribution is -2.45. The molecule has 2 heterocycles. The Morgan fingerprint density at radius 2 is 1.91 bits per heavy atom. The van der Waals surface area contributed by atoms with Gasteiger partial charge in [-0.05, 0) is 48.2 Å². The molecule has 0 saturated heterocycles. The quantitative estimate of drug-likeness (QED) is 0.459. The maximum absolute atomic E-state index is 13.5. The van der Waals surface area contributed by atoms with Gasteiger partial charge in [0.05, 0.1) is 27.5 Å². The molecule has 1 aliphatic rings. The summed E-state index contributed by atoms with van der Waals surface area (Å²) in [7, 11) is 1.57. The molecule has 0 radical (unpaired) electrons. The number of carbonyl (C=O) groups is 1. The second-order valence-electron chi connectivity index (χ2n) is 8.03. The van der Waals surface area contributed by atoms with Gasteiger partial charge in [-0.15, -0.1) is 0 Å². The lowest BCUT2D eigenvalue weighted by molar-refractivity contribution is -0.138. The summed E-state index contributed by atoms with van der Waals surface area (Å²) >= 11 is 0.904. The van der Waals surface area contributed by atoms with Crippen LogP contribution < -0.4 is 16.1 Å². The molecule has 13 heteroatoms. The molecule has 2 aromatic carbocycles. The van der Waals surface area contributed by atoms with E-state index in [1.54, 1.807) is 13.1 Å². The first-order valence-electron chi connectivity index (χ1n) is 10.3. The van der Waals surface area contributed by atoms with Crippen LogP contribution in [0.2, 0.25) is 0 Å². The smallest absolute Gasteiger partial charge is 0.416 e. The van der Waals surface area contributed by atoms with Crippen LogP contribution in [0.3, 0.4) is 0 Å². The Labute approximate surface area is 196 Å². The summed E-state index contributed by atoms with van der Waals surface area (Å²) in [4.78, 5) is 49.9. The van der Waals surface area contributed by atoms with Crippen LogP contribution in [0.15, 0.2) is 50.8 Å². The highest BCUT2D eigenvalue weighted by Gasteiger charge is 2.38. The van der Waals surface area contributed by atoms with Crippen molar-refractivity contribution < 1.29 is 23.1 Å². The number of hydrogen-bond acceptors (Lipinski definition) is 6. The van der Waals surface area contributed by atoms with Gasteiger partial charge in [0, 0.05) is 7.05 Å². The summed E-state index contributed by atoms with van der Waals surface area (Å²) in [5.41, 5.74) is -3.25. The van der Waals surface area contributed by atoms with Crippen molar-refractivity contribution in [2.24, 2.45) is 7.05 Å². The van der Waals surface area contributed by atoms with Crippen LogP contribution in [0, 0.1) is 0 Å². The van der Waals surface area contributed by atoms with Crippen molar-refractivity contribution in [2.75, 3.05) is 0 Å². The first kappa shape index (κ1) is 22.8. The van der Waals surface area contributed by atoms with E-state index in [1.807, 2.05) is 0 Å². The fourth-order valence-electron chi connectivity index (χ4n) is 4.49.